The van der Waals surface area contributed by atoms with Gasteiger partial charge in [-0.05, 0) is 43.3 Å². The highest BCUT2D eigenvalue weighted by molar-refractivity contribution is 6.33. The molecule has 2 N–H and O–H groups in total. The molecule has 3 aromatic carbocycles. The van der Waals surface area contributed by atoms with Gasteiger partial charge in [-0.1, -0.05) is 53.6 Å². The van der Waals surface area contributed by atoms with Gasteiger partial charge in [-0.3, -0.25) is 9.59 Å². The van der Waals surface area contributed by atoms with E-state index in [2.05, 4.69) is 15.6 Å². The van der Waals surface area contributed by atoms with Crippen molar-refractivity contribution in [3.63, 3.8) is 0 Å². The summed E-state index contributed by atoms with van der Waals surface area (Å²) in [5, 5.41) is 6.27. The third-order valence-corrected chi connectivity index (χ3v) is 5.43. The van der Waals surface area contributed by atoms with Crippen LogP contribution in [0.4, 0.5) is 5.69 Å². The Morgan fingerprint density at radius 3 is 2.59 bits per heavy atom. The molecule has 0 saturated heterocycles. The van der Waals surface area contributed by atoms with Crippen molar-refractivity contribution in [3.05, 3.63) is 94.8 Å². The van der Waals surface area contributed by atoms with Crippen LogP contribution in [-0.2, 0) is 17.8 Å². The van der Waals surface area contributed by atoms with E-state index in [1.54, 1.807) is 18.2 Å². The lowest BCUT2D eigenvalue weighted by Gasteiger charge is -2.11. The van der Waals surface area contributed by atoms with Gasteiger partial charge in [0.2, 0.25) is 5.91 Å². The van der Waals surface area contributed by atoms with Crippen molar-refractivity contribution in [1.29, 1.82) is 0 Å². The fourth-order valence-electron chi connectivity index (χ4n) is 3.56. The molecule has 0 unspecified atom stereocenters. The number of carbonyl (C=O) groups is 2. The van der Waals surface area contributed by atoms with Crippen LogP contribution in [0.1, 0.15) is 21.7 Å². The van der Waals surface area contributed by atoms with Crippen LogP contribution in [0.5, 0.6) is 0 Å². The molecule has 0 saturated carbocycles. The quantitative estimate of drug-likeness (QED) is 0.435. The Balaban J connectivity index is 1.48. The van der Waals surface area contributed by atoms with Gasteiger partial charge >= 0.3 is 0 Å². The van der Waals surface area contributed by atoms with Gasteiger partial charge in [-0.2, -0.15) is 0 Å². The van der Waals surface area contributed by atoms with Crippen LogP contribution < -0.4 is 10.6 Å². The number of nitrogens with zero attached hydrogens (tertiary/aromatic N) is 2. The summed E-state index contributed by atoms with van der Waals surface area (Å²) in [6.45, 7) is 2.45. The van der Waals surface area contributed by atoms with E-state index >= 15 is 0 Å². The van der Waals surface area contributed by atoms with Crippen molar-refractivity contribution < 1.29 is 9.59 Å². The summed E-state index contributed by atoms with van der Waals surface area (Å²) in [5.41, 5.74) is 3.89. The van der Waals surface area contributed by atoms with Gasteiger partial charge in [-0.25, -0.2) is 4.98 Å². The first-order valence-corrected chi connectivity index (χ1v) is 10.7. The van der Waals surface area contributed by atoms with E-state index in [-0.39, 0.29) is 18.4 Å². The van der Waals surface area contributed by atoms with Crippen molar-refractivity contribution in [3.8, 4) is 0 Å². The zero-order chi connectivity index (χ0) is 22.5. The third kappa shape index (κ3) is 4.98. The molecule has 1 aromatic heterocycles. The van der Waals surface area contributed by atoms with E-state index < -0.39 is 0 Å². The molecular weight excluding hydrogens is 424 g/mol. The molecule has 0 bridgehead atoms. The fraction of sp³-hybridized carbons (Fsp3) is 0.160. The van der Waals surface area contributed by atoms with Gasteiger partial charge in [0, 0.05) is 18.5 Å². The predicted octanol–water partition coefficient (Wildman–Crippen LogP) is 4.61. The van der Waals surface area contributed by atoms with Crippen LogP contribution in [0.25, 0.3) is 11.0 Å². The highest BCUT2D eigenvalue weighted by Crippen LogP contribution is 2.21. The minimum absolute atomic E-state index is 0.0902. The summed E-state index contributed by atoms with van der Waals surface area (Å²) in [4.78, 5) is 29.9. The smallest absolute Gasteiger partial charge is 0.251 e. The molecule has 0 fully saturated rings. The molecule has 7 heteroatoms. The van der Waals surface area contributed by atoms with Crippen LogP contribution in [0, 0.1) is 6.92 Å². The Kier molecular flexibility index (Phi) is 6.52. The second-order valence-electron chi connectivity index (χ2n) is 7.51. The van der Waals surface area contributed by atoms with E-state index in [9.17, 15) is 9.59 Å². The van der Waals surface area contributed by atoms with Gasteiger partial charge < -0.3 is 15.2 Å². The van der Waals surface area contributed by atoms with E-state index in [1.807, 2.05) is 66.1 Å². The van der Waals surface area contributed by atoms with Crippen molar-refractivity contribution in [2.24, 2.45) is 0 Å². The number of hydrogen-bond acceptors (Lipinski definition) is 3. The average Bonchev–Trinajstić information content (AvgIpc) is 3.12. The molecule has 0 aliphatic carbocycles. The van der Waals surface area contributed by atoms with Crippen LogP contribution in [0.3, 0.4) is 0 Å². The van der Waals surface area contributed by atoms with Crippen molar-refractivity contribution in [2.75, 3.05) is 11.9 Å². The number of anilines is 1. The largest absolute Gasteiger partial charge is 0.352 e. The van der Waals surface area contributed by atoms with E-state index in [0.717, 1.165) is 22.4 Å². The highest BCUT2D eigenvalue weighted by Gasteiger charge is 2.15. The normalized spacial score (nSPS) is 10.8. The predicted molar refractivity (Wildman–Crippen MR) is 127 cm³/mol. The topological polar surface area (TPSA) is 76.0 Å². The van der Waals surface area contributed by atoms with Crippen molar-refractivity contribution in [1.82, 2.24) is 14.9 Å². The number of aryl methyl sites for hydroxylation is 1. The van der Waals surface area contributed by atoms with E-state index in [4.69, 9.17) is 11.6 Å². The van der Waals surface area contributed by atoms with Gasteiger partial charge in [0.05, 0.1) is 21.7 Å². The first kappa shape index (κ1) is 21.6. The number of halogens is 1. The molecule has 4 aromatic rings. The van der Waals surface area contributed by atoms with Crippen LogP contribution in [0.15, 0.2) is 72.8 Å². The Morgan fingerprint density at radius 1 is 1.00 bits per heavy atom. The van der Waals surface area contributed by atoms with Crippen molar-refractivity contribution in [2.45, 2.75) is 19.9 Å². The van der Waals surface area contributed by atoms with Gasteiger partial charge in [0.25, 0.3) is 5.91 Å². The monoisotopic (exact) mass is 446 g/mol. The molecule has 4 rings (SSSR count). The zero-order valence-corrected chi connectivity index (χ0v) is 18.4. The number of imidazole rings is 1. The summed E-state index contributed by atoms with van der Waals surface area (Å²) < 4.78 is 1.88. The zero-order valence-electron chi connectivity index (χ0n) is 17.6. The van der Waals surface area contributed by atoms with E-state index in [1.165, 1.54) is 0 Å². The number of amides is 2. The molecule has 162 valence electrons. The Morgan fingerprint density at radius 2 is 1.78 bits per heavy atom. The maximum atomic E-state index is 12.7. The van der Waals surface area contributed by atoms with Crippen LogP contribution in [0.2, 0.25) is 5.02 Å². The van der Waals surface area contributed by atoms with Gasteiger partial charge in [-0.15, -0.1) is 0 Å². The van der Waals surface area contributed by atoms with Crippen molar-refractivity contribution >= 4 is 40.1 Å². The molecule has 0 aliphatic heterocycles. The lowest BCUT2D eigenvalue weighted by molar-refractivity contribution is -0.116. The first-order valence-electron chi connectivity index (χ1n) is 10.3. The number of aromatic nitrogens is 2. The Labute approximate surface area is 191 Å². The average molecular weight is 447 g/mol. The van der Waals surface area contributed by atoms with Gasteiger partial charge in [0.15, 0.2) is 0 Å². The molecular formula is C25H23ClN4O2. The third-order valence-electron chi connectivity index (χ3n) is 5.10. The Bertz CT molecular complexity index is 1280. The molecule has 32 heavy (non-hydrogen) atoms. The van der Waals surface area contributed by atoms with E-state index in [0.29, 0.717) is 29.2 Å². The second-order valence-corrected chi connectivity index (χ2v) is 7.91. The molecule has 6 nitrogen and oxygen atoms in total. The Hall–Kier alpha value is -3.64. The standard InChI is InChI=1S/C25H23ClN4O2/c1-17-7-6-8-18(15-17)25(32)27-14-13-23-28-21-11-4-5-12-22(21)30(23)16-24(31)29-20-10-3-2-9-19(20)26/h2-12,15H,13-14,16H2,1H3,(H,27,32)(H,29,31). The highest BCUT2D eigenvalue weighted by atomic mass is 35.5. The minimum Gasteiger partial charge on any atom is -0.352 e. The minimum atomic E-state index is -0.203. The number of para-hydroxylation sites is 3. The number of carbonyl (C=O) groups excluding carboxylic acids is 2. The molecule has 0 spiro atoms. The summed E-state index contributed by atoms with van der Waals surface area (Å²) in [7, 11) is 0. The first-order chi connectivity index (χ1) is 15.5. The molecule has 0 atom stereocenters. The fourth-order valence-corrected chi connectivity index (χ4v) is 3.75. The van der Waals surface area contributed by atoms with Crippen LogP contribution >= 0.6 is 11.6 Å². The number of nitrogens with one attached hydrogen (secondary N) is 2. The SMILES string of the molecule is Cc1cccc(C(=O)NCCc2nc3ccccc3n2CC(=O)Nc2ccccc2Cl)c1. The van der Waals surface area contributed by atoms with Crippen LogP contribution in [-0.4, -0.2) is 27.9 Å². The van der Waals surface area contributed by atoms with Gasteiger partial charge in [0.1, 0.15) is 12.4 Å². The molecule has 2 amide bonds. The summed E-state index contributed by atoms with van der Waals surface area (Å²) in [6.07, 6.45) is 0.492. The maximum absolute atomic E-state index is 12.7. The molecule has 1 heterocycles. The lowest BCUT2D eigenvalue weighted by atomic mass is 10.1. The number of fused-ring (bicyclic) bond motifs is 1. The maximum Gasteiger partial charge on any atom is 0.251 e. The summed E-state index contributed by atoms with van der Waals surface area (Å²) in [6, 6.07) is 22.2. The second kappa shape index (κ2) is 9.66. The molecule has 0 aliphatic rings. The molecule has 0 radical (unpaired) electrons. The number of rotatable bonds is 7. The lowest BCUT2D eigenvalue weighted by Crippen LogP contribution is -2.27. The summed E-state index contributed by atoms with van der Waals surface area (Å²) >= 11 is 6.16. The number of hydrogen-bond donors (Lipinski definition) is 2. The number of benzene rings is 3. The summed E-state index contributed by atoms with van der Waals surface area (Å²) in [5.74, 6) is 0.393.